The SMILES string of the molecule is OCCn1ncc2cc(Nc3nc(Nc4cccc(O)c4)ncc3F)ccc21. The van der Waals surface area contributed by atoms with Crippen molar-refractivity contribution < 1.29 is 14.6 Å². The molecule has 2 heterocycles. The number of hydrogen-bond donors (Lipinski definition) is 4. The highest BCUT2D eigenvalue weighted by Crippen LogP contribution is 2.24. The molecule has 8 nitrogen and oxygen atoms in total. The van der Waals surface area contributed by atoms with Gasteiger partial charge in [-0.25, -0.2) is 9.37 Å². The minimum atomic E-state index is -0.600. The van der Waals surface area contributed by atoms with Crippen molar-refractivity contribution in [3.05, 3.63) is 60.7 Å². The molecule has 0 aliphatic carbocycles. The smallest absolute Gasteiger partial charge is 0.229 e. The third-order valence-electron chi connectivity index (χ3n) is 4.06. The molecular formula is C19H17FN6O2. The molecule has 4 aromatic rings. The maximum absolute atomic E-state index is 14.2. The van der Waals surface area contributed by atoms with Crippen LogP contribution in [0.2, 0.25) is 0 Å². The Kier molecular flexibility index (Phi) is 4.73. The first-order valence-electron chi connectivity index (χ1n) is 8.54. The van der Waals surface area contributed by atoms with Crippen LogP contribution in [0.3, 0.4) is 0 Å². The Labute approximate surface area is 159 Å². The van der Waals surface area contributed by atoms with Crippen molar-refractivity contribution in [2.45, 2.75) is 6.54 Å². The van der Waals surface area contributed by atoms with Gasteiger partial charge in [0.05, 0.1) is 31.1 Å². The van der Waals surface area contributed by atoms with Gasteiger partial charge in [0.25, 0.3) is 0 Å². The fourth-order valence-corrected chi connectivity index (χ4v) is 2.80. The summed E-state index contributed by atoms with van der Waals surface area (Å²) in [6.45, 7) is 0.402. The van der Waals surface area contributed by atoms with E-state index in [4.69, 9.17) is 5.11 Å². The molecule has 0 saturated carbocycles. The van der Waals surface area contributed by atoms with Gasteiger partial charge in [-0.2, -0.15) is 10.1 Å². The van der Waals surface area contributed by atoms with Crippen LogP contribution in [0.4, 0.5) is 27.5 Å². The summed E-state index contributed by atoms with van der Waals surface area (Å²) >= 11 is 0. The number of benzene rings is 2. The number of halogens is 1. The minimum absolute atomic E-state index is 0.00209. The highest BCUT2D eigenvalue weighted by molar-refractivity contribution is 5.83. The van der Waals surface area contributed by atoms with Crippen LogP contribution < -0.4 is 10.6 Å². The number of rotatable bonds is 6. The summed E-state index contributed by atoms with van der Waals surface area (Å²) in [5, 5.41) is 29.5. The lowest BCUT2D eigenvalue weighted by atomic mass is 10.2. The van der Waals surface area contributed by atoms with E-state index < -0.39 is 5.82 Å². The fourth-order valence-electron chi connectivity index (χ4n) is 2.80. The van der Waals surface area contributed by atoms with Crippen molar-refractivity contribution in [1.29, 1.82) is 0 Å². The molecule has 0 atom stereocenters. The zero-order chi connectivity index (χ0) is 19.5. The van der Waals surface area contributed by atoms with Gasteiger partial charge in [0.15, 0.2) is 11.6 Å². The van der Waals surface area contributed by atoms with E-state index in [2.05, 4.69) is 25.7 Å². The third kappa shape index (κ3) is 3.69. The van der Waals surface area contributed by atoms with Crippen LogP contribution in [0.5, 0.6) is 5.75 Å². The monoisotopic (exact) mass is 380 g/mol. The molecule has 142 valence electrons. The lowest BCUT2D eigenvalue weighted by molar-refractivity contribution is 0.271. The molecule has 4 N–H and O–H groups in total. The van der Waals surface area contributed by atoms with Gasteiger partial charge in [0.2, 0.25) is 5.95 Å². The molecule has 0 amide bonds. The van der Waals surface area contributed by atoms with E-state index in [0.717, 1.165) is 17.1 Å². The first-order valence-corrected chi connectivity index (χ1v) is 8.54. The summed E-state index contributed by atoms with van der Waals surface area (Å²) < 4.78 is 15.9. The number of aromatic nitrogens is 4. The van der Waals surface area contributed by atoms with Crippen LogP contribution in [0.15, 0.2) is 54.9 Å². The predicted molar refractivity (Wildman–Crippen MR) is 103 cm³/mol. The van der Waals surface area contributed by atoms with E-state index in [1.807, 2.05) is 12.1 Å². The molecule has 9 heteroatoms. The van der Waals surface area contributed by atoms with Crippen LogP contribution >= 0.6 is 0 Å². The summed E-state index contributed by atoms with van der Waals surface area (Å²) in [6.07, 6.45) is 2.75. The average molecular weight is 380 g/mol. The van der Waals surface area contributed by atoms with Gasteiger partial charge >= 0.3 is 0 Å². The number of hydrogen-bond acceptors (Lipinski definition) is 7. The Morgan fingerprint density at radius 1 is 1.04 bits per heavy atom. The number of nitrogens with zero attached hydrogens (tertiary/aromatic N) is 4. The van der Waals surface area contributed by atoms with Crippen molar-refractivity contribution in [1.82, 2.24) is 19.7 Å². The quantitative estimate of drug-likeness (QED) is 0.407. The minimum Gasteiger partial charge on any atom is -0.508 e. The molecule has 0 unspecified atom stereocenters. The lowest BCUT2D eigenvalue weighted by Crippen LogP contribution is -2.04. The van der Waals surface area contributed by atoms with Crippen molar-refractivity contribution in [2.24, 2.45) is 0 Å². The van der Waals surface area contributed by atoms with Crippen LogP contribution in [-0.4, -0.2) is 36.6 Å². The maximum Gasteiger partial charge on any atom is 0.229 e. The van der Waals surface area contributed by atoms with Crippen LogP contribution in [0.25, 0.3) is 10.9 Å². The van der Waals surface area contributed by atoms with Crippen LogP contribution in [0, 0.1) is 5.82 Å². The highest BCUT2D eigenvalue weighted by atomic mass is 19.1. The highest BCUT2D eigenvalue weighted by Gasteiger charge is 2.10. The molecule has 0 fully saturated rings. The zero-order valence-corrected chi connectivity index (χ0v) is 14.7. The van der Waals surface area contributed by atoms with Gasteiger partial charge in [-0.05, 0) is 30.3 Å². The molecule has 2 aromatic carbocycles. The van der Waals surface area contributed by atoms with E-state index in [0.29, 0.717) is 17.9 Å². The number of anilines is 4. The molecule has 0 saturated heterocycles. The summed E-state index contributed by atoms with van der Waals surface area (Å²) in [7, 11) is 0. The van der Waals surface area contributed by atoms with Crippen LogP contribution in [-0.2, 0) is 6.54 Å². The van der Waals surface area contributed by atoms with E-state index in [1.165, 1.54) is 6.07 Å². The number of aliphatic hydroxyl groups is 1. The normalized spacial score (nSPS) is 10.9. The number of nitrogens with one attached hydrogen (secondary N) is 2. The van der Waals surface area contributed by atoms with Crippen LogP contribution in [0.1, 0.15) is 0 Å². The van der Waals surface area contributed by atoms with Crippen molar-refractivity contribution in [3.63, 3.8) is 0 Å². The molecule has 0 spiro atoms. The second-order valence-electron chi connectivity index (χ2n) is 6.06. The molecule has 4 rings (SSSR count). The van der Waals surface area contributed by atoms with Gasteiger partial charge in [0.1, 0.15) is 5.75 Å². The Balaban J connectivity index is 1.58. The Morgan fingerprint density at radius 2 is 1.89 bits per heavy atom. The number of fused-ring (bicyclic) bond motifs is 1. The van der Waals surface area contributed by atoms with E-state index >= 15 is 0 Å². The molecule has 0 bridgehead atoms. The molecule has 0 aliphatic heterocycles. The number of aromatic hydroxyl groups is 1. The average Bonchev–Trinajstić information content (AvgIpc) is 3.07. The molecule has 2 aromatic heterocycles. The largest absolute Gasteiger partial charge is 0.508 e. The summed E-state index contributed by atoms with van der Waals surface area (Å²) in [4.78, 5) is 8.09. The van der Waals surface area contributed by atoms with Crippen molar-refractivity contribution in [2.75, 3.05) is 17.2 Å². The number of phenolic OH excluding ortho intramolecular Hbond substituents is 1. The molecule has 28 heavy (non-hydrogen) atoms. The predicted octanol–water partition coefficient (Wildman–Crippen LogP) is 3.15. The van der Waals surface area contributed by atoms with Crippen molar-refractivity contribution >= 4 is 34.0 Å². The fraction of sp³-hybridized carbons (Fsp3) is 0.105. The zero-order valence-electron chi connectivity index (χ0n) is 14.7. The lowest BCUT2D eigenvalue weighted by Gasteiger charge is -2.10. The van der Waals surface area contributed by atoms with Gasteiger partial charge in [-0.15, -0.1) is 0 Å². The Bertz CT molecular complexity index is 1130. The van der Waals surface area contributed by atoms with Gasteiger partial charge in [-0.3, -0.25) is 4.68 Å². The molecular weight excluding hydrogens is 363 g/mol. The Hall–Kier alpha value is -3.72. The number of phenols is 1. The maximum atomic E-state index is 14.2. The third-order valence-corrected chi connectivity index (χ3v) is 4.06. The number of aliphatic hydroxyl groups excluding tert-OH is 1. The van der Waals surface area contributed by atoms with Gasteiger partial charge < -0.3 is 20.8 Å². The van der Waals surface area contributed by atoms with Gasteiger partial charge in [0, 0.05) is 22.8 Å². The molecule has 0 aliphatic rings. The topological polar surface area (TPSA) is 108 Å². The second-order valence-corrected chi connectivity index (χ2v) is 6.06. The first-order chi connectivity index (χ1) is 13.6. The van der Waals surface area contributed by atoms with Gasteiger partial charge in [-0.1, -0.05) is 6.07 Å². The van der Waals surface area contributed by atoms with E-state index in [9.17, 15) is 9.50 Å². The summed E-state index contributed by atoms with van der Waals surface area (Å²) in [6, 6.07) is 11.9. The first kappa shape index (κ1) is 17.7. The molecule has 0 radical (unpaired) electrons. The standard InChI is InChI=1S/C19H17FN6O2/c20-16-11-21-19(24-13-2-1-3-15(28)9-13)25-18(16)23-14-4-5-17-12(8-14)10-22-26(17)6-7-27/h1-5,8-11,27-28H,6-7H2,(H2,21,23,24,25). The van der Waals surface area contributed by atoms with Crippen molar-refractivity contribution in [3.8, 4) is 5.75 Å². The summed E-state index contributed by atoms with van der Waals surface area (Å²) in [5.74, 6) is -0.302. The second kappa shape index (κ2) is 7.49. The summed E-state index contributed by atoms with van der Waals surface area (Å²) in [5.41, 5.74) is 2.08. The van der Waals surface area contributed by atoms with E-state index in [1.54, 1.807) is 35.1 Å². The van der Waals surface area contributed by atoms with E-state index in [-0.39, 0.29) is 24.1 Å². The Morgan fingerprint density at radius 3 is 2.71 bits per heavy atom.